The van der Waals surface area contributed by atoms with Crippen LogP contribution in [0, 0.1) is 0 Å². The van der Waals surface area contributed by atoms with E-state index >= 15 is 0 Å². The summed E-state index contributed by atoms with van der Waals surface area (Å²) in [5.41, 5.74) is 2.78. The molecule has 2 aliphatic rings. The van der Waals surface area contributed by atoms with E-state index in [9.17, 15) is 8.42 Å². The minimum Gasteiger partial charge on any atom is -0.371 e. The Morgan fingerprint density at radius 1 is 1.03 bits per heavy atom. The van der Waals surface area contributed by atoms with Crippen LogP contribution in [-0.4, -0.2) is 39.1 Å². The molecular weight excluding hydrogens is 384 g/mol. The highest BCUT2D eigenvalue weighted by Gasteiger charge is 2.31. The molecule has 5 nitrogen and oxygen atoms in total. The van der Waals surface area contributed by atoms with E-state index in [4.69, 9.17) is 4.74 Å². The van der Waals surface area contributed by atoms with Crippen molar-refractivity contribution in [3.63, 3.8) is 0 Å². The van der Waals surface area contributed by atoms with Crippen molar-refractivity contribution in [3.05, 3.63) is 59.7 Å². The minimum atomic E-state index is -3.60. The first-order chi connectivity index (χ1) is 13.9. The molecule has 2 atom stereocenters. The maximum absolute atomic E-state index is 12.7. The Kier molecular flexibility index (Phi) is 5.95. The predicted molar refractivity (Wildman–Crippen MR) is 116 cm³/mol. The van der Waals surface area contributed by atoms with Crippen LogP contribution in [0.5, 0.6) is 0 Å². The van der Waals surface area contributed by atoms with Gasteiger partial charge in [-0.25, -0.2) is 8.42 Å². The van der Waals surface area contributed by atoms with Crippen molar-refractivity contribution in [2.24, 2.45) is 0 Å². The predicted octanol–water partition coefficient (Wildman–Crippen LogP) is 4.54. The van der Waals surface area contributed by atoms with Crippen molar-refractivity contribution in [3.8, 4) is 0 Å². The van der Waals surface area contributed by atoms with Gasteiger partial charge < -0.3 is 4.74 Å². The Morgan fingerprint density at radius 2 is 1.76 bits per heavy atom. The molecule has 0 aliphatic carbocycles. The summed E-state index contributed by atoms with van der Waals surface area (Å²) in [7, 11) is -3.60. The van der Waals surface area contributed by atoms with Crippen molar-refractivity contribution in [1.29, 1.82) is 0 Å². The van der Waals surface area contributed by atoms with Crippen LogP contribution in [0.4, 0.5) is 5.69 Å². The number of ether oxygens (including phenoxy) is 1. The minimum absolute atomic E-state index is 0.0542. The van der Waals surface area contributed by atoms with Crippen LogP contribution < -0.4 is 4.72 Å². The molecule has 2 fully saturated rings. The van der Waals surface area contributed by atoms with Gasteiger partial charge in [-0.3, -0.25) is 9.62 Å². The standard InChI is InChI=1S/C23H30N2O3S/c1-17(2)18-8-12-22(13-9-18)29(26,27)24-20-10-6-19(7-11-20)23-15-25-14-4-3-5-21(25)16-28-23/h6-13,17,21,23-24H,3-5,14-16H2,1-2H3. The molecule has 0 radical (unpaired) electrons. The Hall–Kier alpha value is -1.89. The molecule has 2 aromatic rings. The van der Waals surface area contributed by atoms with Crippen LogP contribution in [0.25, 0.3) is 0 Å². The van der Waals surface area contributed by atoms with Gasteiger partial charge in [-0.05, 0) is 60.7 Å². The quantitative estimate of drug-likeness (QED) is 0.781. The number of fused-ring (bicyclic) bond motifs is 1. The molecule has 2 saturated heterocycles. The lowest BCUT2D eigenvalue weighted by molar-refractivity contribution is -0.0766. The second-order valence-electron chi connectivity index (χ2n) is 8.42. The summed E-state index contributed by atoms with van der Waals surface area (Å²) in [4.78, 5) is 2.81. The summed E-state index contributed by atoms with van der Waals surface area (Å²) in [5, 5.41) is 0. The lowest BCUT2D eigenvalue weighted by atomic mass is 9.98. The number of sulfonamides is 1. The molecule has 0 bridgehead atoms. The molecule has 1 N–H and O–H groups in total. The van der Waals surface area contributed by atoms with Crippen LogP contribution in [0.15, 0.2) is 53.4 Å². The lowest BCUT2D eigenvalue weighted by Gasteiger charge is -2.42. The Labute approximate surface area is 174 Å². The number of nitrogens with one attached hydrogen (secondary N) is 1. The monoisotopic (exact) mass is 414 g/mol. The highest BCUT2D eigenvalue weighted by molar-refractivity contribution is 7.92. The van der Waals surface area contributed by atoms with Gasteiger partial charge in [0.15, 0.2) is 0 Å². The van der Waals surface area contributed by atoms with Crippen molar-refractivity contribution in [2.45, 2.75) is 56.1 Å². The number of anilines is 1. The van der Waals surface area contributed by atoms with E-state index in [0.717, 1.165) is 30.8 Å². The van der Waals surface area contributed by atoms with Gasteiger partial charge in [0.2, 0.25) is 0 Å². The molecular formula is C23H30N2O3S. The van der Waals surface area contributed by atoms with Crippen LogP contribution in [0.2, 0.25) is 0 Å². The van der Waals surface area contributed by atoms with Crippen LogP contribution in [-0.2, 0) is 14.8 Å². The van der Waals surface area contributed by atoms with Crippen LogP contribution in [0.3, 0.4) is 0 Å². The van der Waals surface area contributed by atoms with E-state index in [2.05, 4.69) is 23.5 Å². The zero-order valence-electron chi connectivity index (χ0n) is 17.2. The molecule has 2 heterocycles. The maximum Gasteiger partial charge on any atom is 0.261 e. The lowest BCUT2D eigenvalue weighted by Crippen LogP contribution is -2.48. The third-order valence-corrected chi connectivity index (χ3v) is 7.43. The average molecular weight is 415 g/mol. The van der Waals surface area contributed by atoms with Crippen molar-refractivity contribution in [1.82, 2.24) is 4.90 Å². The third kappa shape index (κ3) is 4.65. The molecule has 0 spiro atoms. The highest BCUT2D eigenvalue weighted by atomic mass is 32.2. The Balaban J connectivity index is 1.42. The second-order valence-corrected chi connectivity index (χ2v) is 10.1. The van der Waals surface area contributed by atoms with Crippen LogP contribution in [0.1, 0.15) is 56.3 Å². The molecule has 0 aromatic heterocycles. The van der Waals surface area contributed by atoms with Crippen molar-refractivity contribution < 1.29 is 13.2 Å². The fourth-order valence-electron chi connectivity index (χ4n) is 4.20. The zero-order valence-corrected chi connectivity index (χ0v) is 18.0. The molecule has 2 aliphatic heterocycles. The number of hydrogen-bond donors (Lipinski definition) is 1. The van der Waals surface area contributed by atoms with Gasteiger partial charge in [0.05, 0.1) is 17.6 Å². The SMILES string of the molecule is CC(C)c1ccc(S(=O)(=O)Nc2ccc(C3CN4CCCCC4CO3)cc2)cc1. The number of nitrogens with zero attached hydrogens (tertiary/aromatic N) is 1. The first kappa shape index (κ1) is 20.4. The first-order valence-corrected chi connectivity index (χ1v) is 12.0. The molecule has 2 aromatic carbocycles. The van der Waals surface area contributed by atoms with Gasteiger partial charge in [0, 0.05) is 18.3 Å². The van der Waals surface area contributed by atoms with Gasteiger partial charge in [0.1, 0.15) is 0 Å². The molecule has 0 saturated carbocycles. The maximum atomic E-state index is 12.7. The van der Waals surface area contributed by atoms with E-state index in [1.165, 1.54) is 19.3 Å². The summed E-state index contributed by atoms with van der Waals surface area (Å²) in [6, 6.07) is 15.2. The molecule has 29 heavy (non-hydrogen) atoms. The fraction of sp³-hybridized carbons (Fsp3) is 0.478. The van der Waals surface area contributed by atoms with Crippen molar-refractivity contribution >= 4 is 15.7 Å². The third-order valence-electron chi connectivity index (χ3n) is 6.03. The van der Waals surface area contributed by atoms with Gasteiger partial charge >= 0.3 is 0 Å². The summed E-state index contributed by atoms with van der Waals surface area (Å²) < 4.78 is 34.1. The fourth-order valence-corrected chi connectivity index (χ4v) is 5.25. The van der Waals surface area contributed by atoms with Gasteiger partial charge in [-0.2, -0.15) is 0 Å². The number of hydrogen-bond acceptors (Lipinski definition) is 4. The molecule has 2 unspecified atom stereocenters. The van der Waals surface area contributed by atoms with E-state index in [-0.39, 0.29) is 11.0 Å². The van der Waals surface area contributed by atoms with Gasteiger partial charge in [-0.1, -0.05) is 44.5 Å². The average Bonchev–Trinajstić information content (AvgIpc) is 2.74. The number of morpholine rings is 1. The van der Waals surface area contributed by atoms with Crippen molar-refractivity contribution in [2.75, 3.05) is 24.4 Å². The summed E-state index contributed by atoms with van der Waals surface area (Å²) >= 11 is 0. The topological polar surface area (TPSA) is 58.6 Å². The van der Waals surface area contributed by atoms with E-state index in [1.54, 1.807) is 12.1 Å². The normalized spacial score (nSPS) is 23.0. The first-order valence-electron chi connectivity index (χ1n) is 10.5. The number of rotatable bonds is 5. The van der Waals surface area contributed by atoms with Crippen LogP contribution >= 0.6 is 0 Å². The largest absolute Gasteiger partial charge is 0.371 e. The second kappa shape index (κ2) is 8.46. The smallest absolute Gasteiger partial charge is 0.261 e. The number of benzene rings is 2. The van der Waals surface area contributed by atoms with Gasteiger partial charge in [-0.15, -0.1) is 0 Å². The molecule has 0 amide bonds. The van der Waals surface area contributed by atoms with E-state index in [1.807, 2.05) is 36.4 Å². The Morgan fingerprint density at radius 3 is 2.45 bits per heavy atom. The van der Waals surface area contributed by atoms with E-state index < -0.39 is 10.0 Å². The highest BCUT2D eigenvalue weighted by Crippen LogP contribution is 2.30. The zero-order chi connectivity index (χ0) is 20.4. The summed E-state index contributed by atoms with van der Waals surface area (Å²) in [6.45, 7) is 7.02. The number of piperidine rings is 1. The molecule has 156 valence electrons. The molecule has 4 rings (SSSR count). The summed E-state index contributed by atoms with van der Waals surface area (Å²) in [5.74, 6) is 0.370. The Bertz CT molecular complexity index is 924. The van der Waals surface area contributed by atoms with Gasteiger partial charge in [0.25, 0.3) is 10.0 Å². The van der Waals surface area contributed by atoms with E-state index in [0.29, 0.717) is 17.6 Å². The molecule has 6 heteroatoms. The summed E-state index contributed by atoms with van der Waals surface area (Å²) in [6.07, 6.45) is 3.84.